The fourth-order valence-corrected chi connectivity index (χ4v) is 5.16. The minimum absolute atomic E-state index is 0.194. The topological polar surface area (TPSA) is 125 Å². The summed E-state index contributed by atoms with van der Waals surface area (Å²) in [5.74, 6) is 0.816. The van der Waals surface area contributed by atoms with Crippen molar-refractivity contribution in [1.29, 1.82) is 0 Å². The first-order valence-electron chi connectivity index (χ1n) is 10.9. The lowest BCUT2D eigenvalue weighted by molar-refractivity contribution is 0.514. The molecule has 0 unspecified atom stereocenters. The summed E-state index contributed by atoms with van der Waals surface area (Å²) in [4.78, 5) is 25.0. The third kappa shape index (κ3) is 3.07. The van der Waals surface area contributed by atoms with Crippen LogP contribution < -0.4 is 10.6 Å². The molecule has 7 rings (SSSR count). The highest BCUT2D eigenvalue weighted by molar-refractivity contribution is 7.13. The SMILES string of the molecule is NC1CN(c2cncc(-c3cc4c(-c5cc6c(-c7cccs7)ccnc6[nH]5)n[nH]c4cn3)n2)C1. The van der Waals surface area contributed by atoms with Gasteiger partial charge in [-0.05, 0) is 29.6 Å². The first kappa shape index (κ1) is 19.3. The monoisotopic (exact) mass is 465 g/mol. The molecule has 9 nitrogen and oxygen atoms in total. The van der Waals surface area contributed by atoms with Crippen molar-refractivity contribution in [3.05, 3.63) is 60.5 Å². The predicted molar refractivity (Wildman–Crippen MR) is 134 cm³/mol. The minimum Gasteiger partial charge on any atom is -0.352 e. The number of hydrogen-bond donors (Lipinski definition) is 3. The van der Waals surface area contributed by atoms with E-state index in [4.69, 9.17) is 10.7 Å². The van der Waals surface area contributed by atoms with Gasteiger partial charge in [-0.15, -0.1) is 11.3 Å². The third-order valence-corrected chi connectivity index (χ3v) is 7.04. The maximum absolute atomic E-state index is 5.92. The Labute approximate surface area is 197 Å². The zero-order valence-corrected chi connectivity index (χ0v) is 18.8. The number of anilines is 1. The van der Waals surface area contributed by atoms with E-state index in [1.807, 2.05) is 18.3 Å². The Morgan fingerprint density at radius 3 is 2.82 bits per heavy atom. The lowest BCUT2D eigenvalue weighted by Crippen LogP contribution is -2.56. The number of aromatic nitrogens is 7. The zero-order valence-electron chi connectivity index (χ0n) is 17.9. The highest BCUT2D eigenvalue weighted by Gasteiger charge is 2.25. The molecule has 0 saturated carbocycles. The summed E-state index contributed by atoms with van der Waals surface area (Å²) in [6.45, 7) is 1.58. The molecule has 6 aromatic heterocycles. The summed E-state index contributed by atoms with van der Waals surface area (Å²) in [7, 11) is 0. The summed E-state index contributed by atoms with van der Waals surface area (Å²) >= 11 is 1.71. The lowest BCUT2D eigenvalue weighted by Gasteiger charge is -2.37. The summed E-state index contributed by atoms with van der Waals surface area (Å²) in [6.07, 6.45) is 7.11. The highest BCUT2D eigenvalue weighted by Crippen LogP contribution is 2.35. The molecule has 1 aliphatic rings. The van der Waals surface area contributed by atoms with Gasteiger partial charge in [0.1, 0.15) is 22.9 Å². The largest absolute Gasteiger partial charge is 0.352 e. The molecule has 6 aromatic rings. The van der Waals surface area contributed by atoms with Gasteiger partial charge in [-0.2, -0.15) is 5.10 Å². The summed E-state index contributed by atoms with van der Waals surface area (Å²) in [5.41, 5.74) is 11.9. The van der Waals surface area contributed by atoms with Gasteiger partial charge >= 0.3 is 0 Å². The van der Waals surface area contributed by atoms with Gasteiger partial charge in [0.15, 0.2) is 0 Å². The summed E-state index contributed by atoms with van der Waals surface area (Å²) in [6, 6.07) is 10.5. The molecule has 0 spiro atoms. The predicted octanol–water partition coefficient (Wildman–Crippen LogP) is 3.83. The average Bonchev–Trinajstić information content (AvgIpc) is 3.60. The Kier molecular flexibility index (Phi) is 4.23. The fraction of sp³-hybridized carbons (Fsp3) is 0.125. The van der Waals surface area contributed by atoms with Crippen LogP contribution in [0, 0.1) is 0 Å². The van der Waals surface area contributed by atoms with Crippen molar-refractivity contribution in [2.24, 2.45) is 5.73 Å². The number of aromatic amines is 2. The molecule has 166 valence electrons. The van der Waals surface area contributed by atoms with Crippen LogP contribution >= 0.6 is 11.3 Å². The molecular weight excluding hydrogens is 446 g/mol. The van der Waals surface area contributed by atoms with Crippen LogP contribution in [0.4, 0.5) is 5.82 Å². The number of fused-ring (bicyclic) bond motifs is 2. The van der Waals surface area contributed by atoms with Crippen LogP contribution in [0.2, 0.25) is 0 Å². The Bertz CT molecular complexity index is 1640. The van der Waals surface area contributed by atoms with Crippen LogP contribution in [-0.4, -0.2) is 54.2 Å². The second kappa shape index (κ2) is 7.44. The van der Waals surface area contributed by atoms with Gasteiger partial charge in [0.25, 0.3) is 0 Å². The Morgan fingerprint density at radius 1 is 1.03 bits per heavy atom. The number of hydrogen-bond acceptors (Lipinski definition) is 8. The fourth-order valence-electron chi connectivity index (χ4n) is 4.39. The van der Waals surface area contributed by atoms with E-state index in [9.17, 15) is 0 Å². The molecule has 10 heteroatoms. The van der Waals surface area contributed by atoms with E-state index in [2.05, 4.69) is 58.6 Å². The van der Waals surface area contributed by atoms with Crippen LogP contribution in [0.5, 0.6) is 0 Å². The highest BCUT2D eigenvalue weighted by atomic mass is 32.1. The normalized spacial score (nSPS) is 14.2. The van der Waals surface area contributed by atoms with Crippen molar-refractivity contribution in [3.8, 4) is 33.2 Å². The van der Waals surface area contributed by atoms with Crippen molar-refractivity contribution in [2.45, 2.75) is 6.04 Å². The quantitative estimate of drug-likeness (QED) is 0.361. The first-order valence-corrected chi connectivity index (χ1v) is 11.8. The molecule has 0 radical (unpaired) electrons. The standard InChI is InChI=1S/C24H19N9S/c25-13-11-33(12-13)22-10-26-8-20(29-22)17-7-16-19(9-28-17)31-32-23(16)18-6-15-14(21-2-1-5-34-21)3-4-27-24(15)30-18/h1-10,13H,11-12,25H2,(H,27,30)(H,31,32). The van der Waals surface area contributed by atoms with Crippen LogP contribution in [0.15, 0.2) is 60.5 Å². The molecule has 1 aliphatic heterocycles. The number of pyridine rings is 2. The van der Waals surface area contributed by atoms with Crippen molar-refractivity contribution < 1.29 is 0 Å². The maximum Gasteiger partial charge on any atom is 0.147 e. The average molecular weight is 466 g/mol. The Hall–Kier alpha value is -4.15. The number of thiophene rings is 1. The van der Waals surface area contributed by atoms with Crippen LogP contribution in [0.25, 0.3) is 55.2 Å². The van der Waals surface area contributed by atoms with E-state index in [0.717, 1.165) is 63.5 Å². The molecule has 0 aliphatic carbocycles. The molecule has 1 fully saturated rings. The van der Waals surface area contributed by atoms with Crippen LogP contribution in [0.1, 0.15) is 0 Å². The van der Waals surface area contributed by atoms with Crippen molar-refractivity contribution in [2.75, 3.05) is 18.0 Å². The van der Waals surface area contributed by atoms with Crippen molar-refractivity contribution in [3.63, 3.8) is 0 Å². The van der Waals surface area contributed by atoms with Crippen LogP contribution in [-0.2, 0) is 0 Å². The number of H-pyrrole nitrogens is 2. The molecule has 0 aromatic carbocycles. The minimum atomic E-state index is 0.194. The maximum atomic E-state index is 5.92. The number of nitrogens with two attached hydrogens (primary N) is 1. The number of nitrogens with zero attached hydrogens (tertiary/aromatic N) is 6. The van der Waals surface area contributed by atoms with Gasteiger partial charge in [-0.3, -0.25) is 15.1 Å². The van der Waals surface area contributed by atoms with E-state index in [-0.39, 0.29) is 6.04 Å². The summed E-state index contributed by atoms with van der Waals surface area (Å²) in [5, 5.41) is 11.8. The Morgan fingerprint density at radius 2 is 1.97 bits per heavy atom. The molecule has 7 heterocycles. The smallest absolute Gasteiger partial charge is 0.147 e. The molecule has 0 bridgehead atoms. The van der Waals surface area contributed by atoms with E-state index in [1.54, 1.807) is 29.9 Å². The van der Waals surface area contributed by atoms with Crippen molar-refractivity contribution >= 4 is 39.1 Å². The van der Waals surface area contributed by atoms with Gasteiger partial charge in [-0.25, -0.2) is 9.97 Å². The second-order valence-electron chi connectivity index (χ2n) is 8.40. The third-order valence-electron chi connectivity index (χ3n) is 6.14. The first-order chi connectivity index (χ1) is 16.7. The van der Waals surface area contributed by atoms with Gasteiger partial charge in [-0.1, -0.05) is 6.07 Å². The molecule has 0 amide bonds. The van der Waals surface area contributed by atoms with E-state index in [1.165, 1.54) is 4.88 Å². The molecular formula is C24H19N9S. The zero-order chi connectivity index (χ0) is 22.6. The van der Waals surface area contributed by atoms with Crippen LogP contribution in [0.3, 0.4) is 0 Å². The van der Waals surface area contributed by atoms with Gasteiger partial charge in [0.05, 0.1) is 35.5 Å². The number of nitrogens with one attached hydrogen (secondary N) is 2. The molecule has 34 heavy (non-hydrogen) atoms. The lowest BCUT2D eigenvalue weighted by atomic mass is 10.1. The van der Waals surface area contributed by atoms with Gasteiger partial charge in [0.2, 0.25) is 0 Å². The van der Waals surface area contributed by atoms with Crippen molar-refractivity contribution in [1.82, 2.24) is 35.1 Å². The van der Waals surface area contributed by atoms with Gasteiger partial charge in [0, 0.05) is 46.5 Å². The van der Waals surface area contributed by atoms with E-state index in [0.29, 0.717) is 5.69 Å². The van der Waals surface area contributed by atoms with Gasteiger partial charge < -0.3 is 15.6 Å². The molecule has 1 saturated heterocycles. The molecule has 4 N–H and O–H groups in total. The Balaban J connectivity index is 1.31. The summed E-state index contributed by atoms with van der Waals surface area (Å²) < 4.78 is 0. The number of rotatable bonds is 4. The van der Waals surface area contributed by atoms with E-state index < -0.39 is 0 Å². The molecule has 0 atom stereocenters. The van der Waals surface area contributed by atoms with E-state index >= 15 is 0 Å². The second-order valence-corrected chi connectivity index (χ2v) is 9.34.